The van der Waals surface area contributed by atoms with Crippen LogP contribution < -0.4 is 5.73 Å². The summed E-state index contributed by atoms with van der Waals surface area (Å²) in [6, 6.07) is 6.02. The SMILES string of the molecule is CCCn1c(C2CCC(CN)CC2)nc2ccc(Cl)cc21. The Balaban J connectivity index is 1.95. The molecular formula is C17H24ClN3. The number of benzene rings is 1. The lowest BCUT2D eigenvalue weighted by molar-refractivity contribution is 0.321. The third-order valence-corrected chi connectivity index (χ3v) is 4.97. The molecule has 0 spiro atoms. The largest absolute Gasteiger partial charge is 0.330 e. The van der Waals surface area contributed by atoms with Gasteiger partial charge in [0.05, 0.1) is 11.0 Å². The van der Waals surface area contributed by atoms with E-state index in [0.29, 0.717) is 11.8 Å². The predicted octanol–water partition coefficient (Wildman–Crippen LogP) is 4.33. The van der Waals surface area contributed by atoms with Crippen molar-refractivity contribution in [2.24, 2.45) is 11.7 Å². The van der Waals surface area contributed by atoms with Crippen molar-refractivity contribution in [3.63, 3.8) is 0 Å². The molecule has 0 amide bonds. The molecule has 4 heteroatoms. The van der Waals surface area contributed by atoms with Gasteiger partial charge in [-0.3, -0.25) is 0 Å². The van der Waals surface area contributed by atoms with Gasteiger partial charge in [-0.05, 0) is 62.8 Å². The summed E-state index contributed by atoms with van der Waals surface area (Å²) in [5.41, 5.74) is 8.06. The van der Waals surface area contributed by atoms with Crippen molar-refractivity contribution in [2.45, 2.75) is 51.5 Å². The lowest BCUT2D eigenvalue weighted by Crippen LogP contribution is -2.22. The Morgan fingerprint density at radius 1 is 1.29 bits per heavy atom. The fraction of sp³-hybridized carbons (Fsp3) is 0.588. The molecule has 0 unspecified atom stereocenters. The number of rotatable bonds is 4. The molecule has 1 aliphatic carbocycles. The Labute approximate surface area is 131 Å². The second-order valence-corrected chi connectivity index (χ2v) is 6.64. The first-order valence-corrected chi connectivity index (χ1v) is 8.46. The van der Waals surface area contributed by atoms with Gasteiger partial charge in [-0.1, -0.05) is 18.5 Å². The zero-order valence-corrected chi connectivity index (χ0v) is 13.4. The van der Waals surface area contributed by atoms with E-state index in [4.69, 9.17) is 22.3 Å². The topological polar surface area (TPSA) is 43.8 Å². The van der Waals surface area contributed by atoms with Crippen molar-refractivity contribution >= 4 is 22.6 Å². The van der Waals surface area contributed by atoms with Crippen molar-refractivity contribution in [1.82, 2.24) is 9.55 Å². The summed E-state index contributed by atoms with van der Waals surface area (Å²) in [5, 5.41) is 0.790. The lowest BCUT2D eigenvalue weighted by atomic mass is 9.81. The van der Waals surface area contributed by atoms with Crippen LogP contribution in [0.5, 0.6) is 0 Å². The van der Waals surface area contributed by atoms with Gasteiger partial charge < -0.3 is 10.3 Å². The molecule has 3 rings (SSSR count). The molecular weight excluding hydrogens is 282 g/mol. The maximum absolute atomic E-state index is 6.17. The summed E-state index contributed by atoms with van der Waals surface area (Å²) in [5.74, 6) is 2.54. The molecule has 0 atom stereocenters. The normalized spacial score (nSPS) is 22.8. The summed E-state index contributed by atoms with van der Waals surface area (Å²) in [6.45, 7) is 4.06. The minimum absolute atomic E-state index is 0.575. The fourth-order valence-corrected chi connectivity index (χ4v) is 3.71. The molecule has 1 saturated carbocycles. The van der Waals surface area contributed by atoms with Gasteiger partial charge in [0.15, 0.2) is 0 Å². The Morgan fingerprint density at radius 2 is 2.05 bits per heavy atom. The van der Waals surface area contributed by atoms with Gasteiger partial charge >= 0.3 is 0 Å². The number of fused-ring (bicyclic) bond motifs is 1. The zero-order valence-electron chi connectivity index (χ0n) is 12.7. The van der Waals surface area contributed by atoms with E-state index in [0.717, 1.165) is 30.0 Å². The van der Waals surface area contributed by atoms with Crippen molar-refractivity contribution in [2.75, 3.05) is 6.54 Å². The van der Waals surface area contributed by atoms with Crippen LogP contribution in [0.4, 0.5) is 0 Å². The monoisotopic (exact) mass is 305 g/mol. The Morgan fingerprint density at radius 3 is 2.71 bits per heavy atom. The zero-order chi connectivity index (χ0) is 14.8. The first-order chi connectivity index (χ1) is 10.2. The van der Waals surface area contributed by atoms with Crippen LogP contribution in [0.1, 0.15) is 50.8 Å². The molecule has 2 aromatic rings. The molecule has 21 heavy (non-hydrogen) atoms. The fourth-order valence-electron chi connectivity index (χ4n) is 3.54. The van der Waals surface area contributed by atoms with Crippen LogP contribution in [-0.4, -0.2) is 16.1 Å². The van der Waals surface area contributed by atoms with Gasteiger partial charge in [-0.15, -0.1) is 0 Å². The standard InChI is InChI=1S/C17H24ClN3/c1-2-9-21-16-10-14(18)7-8-15(16)20-17(21)13-5-3-12(11-19)4-6-13/h7-8,10,12-13H,2-6,9,11,19H2,1H3. The van der Waals surface area contributed by atoms with Gasteiger partial charge in [-0.2, -0.15) is 0 Å². The van der Waals surface area contributed by atoms with Crippen LogP contribution in [-0.2, 0) is 6.54 Å². The highest BCUT2D eigenvalue weighted by molar-refractivity contribution is 6.31. The van der Waals surface area contributed by atoms with Crippen molar-refractivity contribution in [1.29, 1.82) is 0 Å². The average molecular weight is 306 g/mol. The minimum atomic E-state index is 0.575. The molecule has 1 aromatic heterocycles. The van der Waals surface area contributed by atoms with Crippen LogP contribution in [0.2, 0.25) is 5.02 Å². The number of hydrogen-bond acceptors (Lipinski definition) is 2. The summed E-state index contributed by atoms with van der Waals surface area (Å²) >= 11 is 6.17. The maximum atomic E-state index is 6.17. The van der Waals surface area contributed by atoms with Crippen molar-refractivity contribution < 1.29 is 0 Å². The Hall–Kier alpha value is -1.06. The van der Waals surface area contributed by atoms with Crippen LogP contribution in [0.3, 0.4) is 0 Å². The second kappa shape index (κ2) is 6.37. The van der Waals surface area contributed by atoms with Crippen LogP contribution in [0, 0.1) is 5.92 Å². The molecule has 1 aromatic carbocycles. The smallest absolute Gasteiger partial charge is 0.112 e. The highest BCUT2D eigenvalue weighted by atomic mass is 35.5. The highest BCUT2D eigenvalue weighted by Crippen LogP contribution is 2.36. The summed E-state index contributed by atoms with van der Waals surface area (Å²) in [6.07, 6.45) is 6.00. The molecule has 0 aliphatic heterocycles. The Bertz CT molecular complexity index is 612. The third-order valence-electron chi connectivity index (χ3n) is 4.73. The van der Waals surface area contributed by atoms with E-state index in [1.165, 1.54) is 37.0 Å². The van der Waals surface area contributed by atoms with E-state index < -0.39 is 0 Å². The molecule has 1 aliphatic rings. The number of nitrogens with two attached hydrogens (primary N) is 1. The summed E-state index contributed by atoms with van der Waals surface area (Å²) in [7, 11) is 0. The summed E-state index contributed by atoms with van der Waals surface area (Å²) < 4.78 is 2.38. The molecule has 0 bridgehead atoms. The second-order valence-electron chi connectivity index (χ2n) is 6.21. The quantitative estimate of drug-likeness (QED) is 0.913. The molecule has 1 heterocycles. The lowest BCUT2D eigenvalue weighted by Gasteiger charge is -2.27. The van der Waals surface area contributed by atoms with E-state index in [1.807, 2.05) is 12.1 Å². The van der Waals surface area contributed by atoms with Crippen molar-refractivity contribution in [3.05, 3.63) is 29.0 Å². The number of halogens is 1. The van der Waals surface area contributed by atoms with Gasteiger partial charge in [-0.25, -0.2) is 4.98 Å². The van der Waals surface area contributed by atoms with E-state index in [2.05, 4.69) is 17.6 Å². The number of aryl methyl sites for hydroxylation is 1. The van der Waals surface area contributed by atoms with Gasteiger partial charge in [0, 0.05) is 17.5 Å². The van der Waals surface area contributed by atoms with Crippen LogP contribution in [0.15, 0.2) is 18.2 Å². The highest BCUT2D eigenvalue weighted by Gasteiger charge is 2.25. The number of hydrogen-bond donors (Lipinski definition) is 1. The number of aromatic nitrogens is 2. The summed E-state index contributed by atoms with van der Waals surface area (Å²) in [4.78, 5) is 4.92. The molecule has 0 radical (unpaired) electrons. The minimum Gasteiger partial charge on any atom is -0.330 e. The number of imidazole rings is 1. The van der Waals surface area contributed by atoms with Gasteiger partial charge in [0.1, 0.15) is 5.82 Å². The van der Waals surface area contributed by atoms with E-state index in [1.54, 1.807) is 0 Å². The molecule has 1 fully saturated rings. The first-order valence-electron chi connectivity index (χ1n) is 8.08. The molecule has 2 N–H and O–H groups in total. The van der Waals surface area contributed by atoms with Crippen LogP contribution >= 0.6 is 11.6 Å². The molecule has 0 saturated heterocycles. The first kappa shape index (κ1) is 14.9. The predicted molar refractivity (Wildman–Crippen MR) is 88.8 cm³/mol. The third kappa shape index (κ3) is 2.95. The average Bonchev–Trinajstić information content (AvgIpc) is 2.86. The van der Waals surface area contributed by atoms with Crippen LogP contribution in [0.25, 0.3) is 11.0 Å². The van der Waals surface area contributed by atoms with E-state index in [9.17, 15) is 0 Å². The molecule has 3 nitrogen and oxygen atoms in total. The number of nitrogens with zero attached hydrogens (tertiary/aromatic N) is 2. The molecule has 114 valence electrons. The van der Waals surface area contributed by atoms with Gasteiger partial charge in [0.2, 0.25) is 0 Å². The van der Waals surface area contributed by atoms with E-state index in [-0.39, 0.29) is 0 Å². The van der Waals surface area contributed by atoms with Gasteiger partial charge in [0.25, 0.3) is 0 Å². The Kier molecular flexibility index (Phi) is 4.51. The van der Waals surface area contributed by atoms with E-state index >= 15 is 0 Å². The maximum Gasteiger partial charge on any atom is 0.112 e. The van der Waals surface area contributed by atoms with Crippen molar-refractivity contribution in [3.8, 4) is 0 Å².